The van der Waals surface area contributed by atoms with E-state index in [1.807, 2.05) is 30.3 Å². The summed E-state index contributed by atoms with van der Waals surface area (Å²) >= 11 is 1.55. The number of hydrogen-bond donors (Lipinski definition) is 1. The molecular weight excluding hydrogens is 302 g/mol. The van der Waals surface area contributed by atoms with Gasteiger partial charge in [0.2, 0.25) is 0 Å². The SMILES string of the molecule is COC(=O)C(CSCc1ccccc1)NC(=O)OC(C)(C)C. The first kappa shape index (κ1) is 18.4. The normalized spacial score (nSPS) is 12.4. The summed E-state index contributed by atoms with van der Waals surface area (Å²) in [6, 6.07) is 9.19. The zero-order valence-electron chi connectivity index (χ0n) is 13.4. The number of carbonyl (C=O) groups excluding carboxylic acids is 2. The number of benzene rings is 1. The van der Waals surface area contributed by atoms with Gasteiger partial charge in [0.15, 0.2) is 0 Å². The van der Waals surface area contributed by atoms with Crippen LogP contribution in [0.15, 0.2) is 30.3 Å². The summed E-state index contributed by atoms with van der Waals surface area (Å²) in [5.74, 6) is 0.692. The van der Waals surface area contributed by atoms with Crippen molar-refractivity contribution in [3.8, 4) is 0 Å². The fourth-order valence-corrected chi connectivity index (χ4v) is 2.63. The minimum Gasteiger partial charge on any atom is -0.467 e. The van der Waals surface area contributed by atoms with E-state index in [1.165, 1.54) is 7.11 Å². The van der Waals surface area contributed by atoms with Gasteiger partial charge in [-0.05, 0) is 26.3 Å². The molecule has 0 saturated heterocycles. The molecule has 0 fully saturated rings. The van der Waals surface area contributed by atoms with Crippen molar-refractivity contribution in [2.24, 2.45) is 0 Å². The van der Waals surface area contributed by atoms with Crippen molar-refractivity contribution in [3.63, 3.8) is 0 Å². The van der Waals surface area contributed by atoms with E-state index < -0.39 is 23.7 Å². The second-order valence-corrected chi connectivity index (χ2v) is 6.75. The molecule has 0 bridgehead atoms. The largest absolute Gasteiger partial charge is 0.467 e. The van der Waals surface area contributed by atoms with Crippen molar-refractivity contribution >= 4 is 23.8 Å². The number of carbonyl (C=O) groups is 2. The smallest absolute Gasteiger partial charge is 0.408 e. The fraction of sp³-hybridized carbons (Fsp3) is 0.500. The lowest BCUT2D eigenvalue weighted by atomic mass is 10.2. The van der Waals surface area contributed by atoms with Gasteiger partial charge < -0.3 is 14.8 Å². The average molecular weight is 325 g/mol. The van der Waals surface area contributed by atoms with Crippen molar-refractivity contribution in [1.29, 1.82) is 0 Å². The highest BCUT2D eigenvalue weighted by Gasteiger charge is 2.24. The Kier molecular flexibility index (Phi) is 7.24. The molecule has 0 aromatic heterocycles. The van der Waals surface area contributed by atoms with Gasteiger partial charge in [0.05, 0.1) is 7.11 Å². The molecule has 1 rings (SSSR count). The second kappa shape index (κ2) is 8.68. The molecule has 1 atom stereocenters. The molecule has 1 N–H and O–H groups in total. The first-order valence-electron chi connectivity index (χ1n) is 7.01. The maximum absolute atomic E-state index is 11.8. The second-order valence-electron chi connectivity index (χ2n) is 5.72. The fourth-order valence-electron chi connectivity index (χ4n) is 1.63. The molecule has 122 valence electrons. The number of thioether (sulfide) groups is 1. The summed E-state index contributed by atoms with van der Waals surface area (Å²) in [7, 11) is 1.30. The average Bonchev–Trinajstić information content (AvgIpc) is 2.44. The summed E-state index contributed by atoms with van der Waals surface area (Å²) in [5.41, 5.74) is 0.551. The van der Waals surface area contributed by atoms with Crippen molar-refractivity contribution < 1.29 is 19.1 Å². The molecule has 5 nitrogen and oxygen atoms in total. The predicted molar refractivity (Wildman–Crippen MR) is 87.8 cm³/mol. The van der Waals surface area contributed by atoms with Gasteiger partial charge in [0, 0.05) is 11.5 Å². The van der Waals surface area contributed by atoms with Crippen LogP contribution < -0.4 is 5.32 Å². The lowest BCUT2D eigenvalue weighted by Crippen LogP contribution is -2.45. The number of amides is 1. The molecular formula is C16H23NO4S. The van der Waals surface area contributed by atoms with Crippen LogP contribution in [0.4, 0.5) is 4.79 Å². The minimum atomic E-state index is -0.728. The number of methoxy groups -OCH3 is 1. The zero-order valence-corrected chi connectivity index (χ0v) is 14.2. The molecule has 0 saturated carbocycles. The molecule has 6 heteroatoms. The van der Waals surface area contributed by atoms with Gasteiger partial charge in [-0.3, -0.25) is 0 Å². The number of esters is 1. The van der Waals surface area contributed by atoms with Crippen molar-refractivity contribution in [1.82, 2.24) is 5.32 Å². The summed E-state index contributed by atoms with van der Waals surface area (Å²) in [5, 5.41) is 2.55. The topological polar surface area (TPSA) is 64.6 Å². The Hall–Kier alpha value is -1.69. The van der Waals surface area contributed by atoms with Crippen LogP contribution in [-0.2, 0) is 20.0 Å². The van der Waals surface area contributed by atoms with E-state index in [4.69, 9.17) is 9.47 Å². The van der Waals surface area contributed by atoms with Crippen molar-refractivity contribution in [2.75, 3.05) is 12.9 Å². The predicted octanol–water partition coefficient (Wildman–Crippen LogP) is 2.99. The maximum atomic E-state index is 11.8. The van der Waals surface area contributed by atoms with E-state index in [0.717, 1.165) is 11.3 Å². The number of hydrogen-bond acceptors (Lipinski definition) is 5. The summed E-state index contributed by atoms with van der Waals surface area (Å²) in [6.07, 6.45) is -0.622. The van der Waals surface area contributed by atoms with E-state index in [9.17, 15) is 9.59 Å². The van der Waals surface area contributed by atoms with Crippen LogP contribution in [-0.4, -0.2) is 36.6 Å². The first-order valence-corrected chi connectivity index (χ1v) is 8.16. The Morgan fingerprint density at radius 3 is 2.41 bits per heavy atom. The highest BCUT2D eigenvalue weighted by molar-refractivity contribution is 7.98. The third-order valence-electron chi connectivity index (χ3n) is 2.57. The number of alkyl carbamates (subject to hydrolysis) is 1. The van der Waals surface area contributed by atoms with Crippen LogP contribution in [0.3, 0.4) is 0 Å². The van der Waals surface area contributed by atoms with Gasteiger partial charge in [0.25, 0.3) is 0 Å². The van der Waals surface area contributed by atoms with E-state index in [-0.39, 0.29) is 0 Å². The van der Waals surface area contributed by atoms with Gasteiger partial charge in [-0.2, -0.15) is 11.8 Å². The lowest BCUT2D eigenvalue weighted by Gasteiger charge is -2.22. The number of rotatable bonds is 6. The summed E-state index contributed by atoms with van der Waals surface area (Å²) in [6.45, 7) is 5.30. The van der Waals surface area contributed by atoms with Gasteiger partial charge in [-0.15, -0.1) is 0 Å². The Bertz CT molecular complexity index is 485. The molecule has 0 spiro atoms. The Morgan fingerprint density at radius 1 is 1.23 bits per heavy atom. The molecule has 0 aliphatic carbocycles. The van der Waals surface area contributed by atoms with Gasteiger partial charge >= 0.3 is 12.1 Å². The van der Waals surface area contributed by atoms with Gasteiger partial charge in [0.1, 0.15) is 11.6 Å². The molecule has 0 aliphatic heterocycles. The molecule has 1 amide bonds. The molecule has 0 aliphatic rings. The lowest BCUT2D eigenvalue weighted by molar-refractivity contribution is -0.142. The number of nitrogens with one attached hydrogen (secondary N) is 1. The molecule has 1 aromatic carbocycles. The summed E-state index contributed by atoms with van der Waals surface area (Å²) in [4.78, 5) is 23.5. The quantitative estimate of drug-likeness (QED) is 0.815. The Labute approximate surface area is 135 Å². The van der Waals surface area contributed by atoms with Crippen molar-refractivity contribution in [2.45, 2.75) is 38.2 Å². The minimum absolute atomic E-state index is 0.417. The van der Waals surface area contributed by atoms with E-state index in [1.54, 1.807) is 32.5 Å². The van der Waals surface area contributed by atoms with Crippen LogP contribution in [0.5, 0.6) is 0 Å². The van der Waals surface area contributed by atoms with Crippen LogP contribution in [0.2, 0.25) is 0 Å². The zero-order chi connectivity index (χ0) is 16.6. The Morgan fingerprint density at radius 2 is 1.86 bits per heavy atom. The van der Waals surface area contributed by atoms with E-state index in [0.29, 0.717) is 5.75 Å². The van der Waals surface area contributed by atoms with Crippen LogP contribution in [0.1, 0.15) is 26.3 Å². The number of ether oxygens (including phenoxy) is 2. The standard InChI is InChI=1S/C16H23NO4S/c1-16(2,3)21-15(19)17-13(14(18)20-4)11-22-10-12-8-6-5-7-9-12/h5-9,13H,10-11H2,1-4H3,(H,17,19). The van der Waals surface area contributed by atoms with E-state index in [2.05, 4.69) is 5.32 Å². The van der Waals surface area contributed by atoms with Crippen molar-refractivity contribution in [3.05, 3.63) is 35.9 Å². The van der Waals surface area contributed by atoms with E-state index >= 15 is 0 Å². The molecule has 22 heavy (non-hydrogen) atoms. The highest BCUT2D eigenvalue weighted by Crippen LogP contribution is 2.14. The third kappa shape index (κ3) is 7.36. The molecule has 0 radical (unpaired) electrons. The van der Waals surface area contributed by atoms with Gasteiger partial charge in [-0.25, -0.2) is 9.59 Å². The maximum Gasteiger partial charge on any atom is 0.408 e. The third-order valence-corrected chi connectivity index (χ3v) is 3.68. The summed E-state index contributed by atoms with van der Waals surface area (Å²) < 4.78 is 9.88. The first-order chi connectivity index (χ1) is 10.3. The van der Waals surface area contributed by atoms with Crippen LogP contribution in [0.25, 0.3) is 0 Å². The van der Waals surface area contributed by atoms with Gasteiger partial charge in [-0.1, -0.05) is 30.3 Å². The van der Waals surface area contributed by atoms with Crippen LogP contribution in [0, 0.1) is 0 Å². The Balaban J connectivity index is 2.50. The van der Waals surface area contributed by atoms with Crippen LogP contribution >= 0.6 is 11.8 Å². The molecule has 1 unspecified atom stereocenters. The highest BCUT2D eigenvalue weighted by atomic mass is 32.2. The molecule has 0 heterocycles. The molecule has 1 aromatic rings. The monoisotopic (exact) mass is 325 g/mol.